The second-order valence-corrected chi connectivity index (χ2v) is 9.50. The average molecular weight is 327 g/mol. The van der Waals surface area contributed by atoms with E-state index in [1.807, 2.05) is 0 Å². The fourth-order valence-electron chi connectivity index (χ4n) is 1.22. The highest BCUT2D eigenvalue weighted by molar-refractivity contribution is 7.91. The van der Waals surface area contributed by atoms with E-state index < -0.39 is 20.0 Å². The third-order valence-corrected chi connectivity index (χ3v) is 7.30. The lowest BCUT2D eigenvalue weighted by Crippen LogP contribution is -2.34. The maximum atomic E-state index is 12.2. The number of nitrogens with one attached hydrogen (secondary N) is 1. The molecule has 0 fully saturated rings. The van der Waals surface area contributed by atoms with Gasteiger partial charge in [0, 0.05) is 24.2 Å². The first-order valence-corrected chi connectivity index (χ1v) is 9.24. The van der Waals surface area contributed by atoms with Crippen LogP contribution < -0.4 is 10.5 Å². The number of nitrogen functional groups attached to an aromatic ring is 1. The molecule has 0 unspecified atom stereocenters. The van der Waals surface area contributed by atoms with E-state index in [0.717, 1.165) is 20.5 Å². The summed E-state index contributed by atoms with van der Waals surface area (Å²) in [5.41, 5.74) is 6.04. The Hall–Kier alpha value is -0.680. The van der Waals surface area contributed by atoms with Crippen LogP contribution in [0.4, 0.5) is 5.69 Å². The highest BCUT2D eigenvalue weighted by atomic mass is 32.2. The third kappa shape index (κ3) is 3.89. The number of aryl methyl sites for hydroxylation is 1. The Bertz CT molecular complexity index is 629. The van der Waals surface area contributed by atoms with E-state index in [1.54, 1.807) is 6.92 Å². The molecule has 1 aromatic rings. The molecule has 0 radical (unpaired) electrons. The summed E-state index contributed by atoms with van der Waals surface area (Å²) in [4.78, 5) is 0.717. The third-order valence-electron chi connectivity index (χ3n) is 2.58. The number of nitrogens with zero attached hydrogens (tertiary/aromatic N) is 1. The molecule has 0 saturated carbocycles. The summed E-state index contributed by atoms with van der Waals surface area (Å²) in [6, 6.07) is 1.39. The van der Waals surface area contributed by atoms with Crippen molar-refractivity contribution >= 4 is 37.1 Å². The van der Waals surface area contributed by atoms with Gasteiger partial charge < -0.3 is 5.73 Å². The van der Waals surface area contributed by atoms with Gasteiger partial charge in [0.15, 0.2) is 0 Å². The van der Waals surface area contributed by atoms with Gasteiger partial charge in [-0.25, -0.2) is 21.6 Å². The van der Waals surface area contributed by atoms with E-state index in [2.05, 4.69) is 4.72 Å². The van der Waals surface area contributed by atoms with Gasteiger partial charge in [-0.3, -0.25) is 0 Å². The number of nitrogens with two attached hydrogens (primary N) is 1. The first-order valence-electron chi connectivity index (χ1n) is 5.33. The highest BCUT2D eigenvalue weighted by Crippen LogP contribution is 2.29. The molecule has 0 aliphatic rings. The fourth-order valence-corrected chi connectivity index (χ4v) is 4.81. The van der Waals surface area contributed by atoms with Gasteiger partial charge >= 0.3 is 0 Å². The van der Waals surface area contributed by atoms with Crippen molar-refractivity contribution < 1.29 is 16.8 Å². The molecule has 0 aliphatic carbocycles. The van der Waals surface area contributed by atoms with Crippen LogP contribution in [0.15, 0.2) is 10.3 Å². The Balaban J connectivity index is 2.89. The van der Waals surface area contributed by atoms with Crippen LogP contribution in [0.3, 0.4) is 0 Å². The molecule has 0 bridgehead atoms. The molecule has 0 saturated heterocycles. The predicted octanol–water partition coefficient (Wildman–Crippen LogP) is -0.192. The Morgan fingerprint density at radius 1 is 1.37 bits per heavy atom. The van der Waals surface area contributed by atoms with Crippen LogP contribution in [-0.4, -0.2) is 47.5 Å². The van der Waals surface area contributed by atoms with Crippen LogP contribution >= 0.6 is 11.3 Å². The Morgan fingerprint density at radius 3 is 2.37 bits per heavy atom. The second-order valence-electron chi connectivity index (χ2n) is 3.93. The van der Waals surface area contributed by atoms with E-state index in [4.69, 9.17) is 5.73 Å². The predicted molar refractivity (Wildman–Crippen MR) is 76.1 cm³/mol. The number of rotatable bonds is 6. The molecule has 19 heavy (non-hydrogen) atoms. The molecule has 7 nitrogen and oxygen atoms in total. The maximum Gasteiger partial charge on any atom is 0.252 e. The summed E-state index contributed by atoms with van der Waals surface area (Å²) >= 11 is 1.07. The van der Waals surface area contributed by atoms with Crippen LogP contribution in [-0.2, 0) is 20.0 Å². The number of hydrogen-bond donors (Lipinski definition) is 2. The summed E-state index contributed by atoms with van der Waals surface area (Å²) in [6.07, 6.45) is 0. The maximum absolute atomic E-state index is 12.2. The van der Waals surface area contributed by atoms with E-state index >= 15 is 0 Å². The van der Waals surface area contributed by atoms with Crippen molar-refractivity contribution in [1.29, 1.82) is 0 Å². The van der Waals surface area contributed by atoms with Gasteiger partial charge in [-0.15, -0.1) is 11.3 Å². The number of sulfonamides is 2. The van der Waals surface area contributed by atoms with Crippen molar-refractivity contribution in [1.82, 2.24) is 9.03 Å². The molecule has 1 heterocycles. The molecule has 1 aromatic heterocycles. The standard InChI is InChI=1S/C9H17N3O4S3/c1-7-8(10)6-9(17-7)19(15,16)12(3)4-5-18(13,14)11-2/h6,11H,4-5,10H2,1-3H3. The van der Waals surface area contributed by atoms with Crippen molar-refractivity contribution in [3.63, 3.8) is 0 Å². The SMILES string of the molecule is CNS(=O)(=O)CCN(C)S(=O)(=O)c1cc(N)c(C)s1. The lowest BCUT2D eigenvalue weighted by Gasteiger charge is -2.15. The normalized spacial score (nSPS) is 13.1. The molecular formula is C9H17N3O4S3. The minimum Gasteiger partial charge on any atom is -0.398 e. The number of thiophene rings is 1. The van der Waals surface area contributed by atoms with Gasteiger partial charge in [0.05, 0.1) is 5.75 Å². The Labute approximate surface area is 117 Å². The molecule has 0 aliphatic heterocycles. The molecule has 0 atom stereocenters. The molecule has 0 aromatic carbocycles. The van der Waals surface area contributed by atoms with Gasteiger partial charge in [0.2, 0.25) is 10.0 Å². The minimum atomic E-state index is -3.69. The second kappa shape index (κ2) is 5.75. The van der Waals surface area contributed by atoms with Crippen LogP contribution in [0.5, 0.6) is 0 Å². The summed E-state index contributed by atoms with van der Waals surface area (Å²) in [5.74, 6) is -0.293. The zero-order chi connectivity index (χ0) is 14.8. The summed E-state index contributed by atoms with van der Waals surface area (Å²) in [5, 5.41) is 0. The van der Waals surface area contributed by atoms with Crippen molar-refractivity contribution in [2.24, 2.45) is 0 Å². The Morgan fingerprint density at radius 2 is 1.95 bits per heavy atom. The highest BCUT2D eigenvalue weighted by Gasteiger charge is 2.24. The molecule has 0 amide bonds. The van der Waals surface area contributed by atoms with Gasteiger partial charge in [-0.2, -0.15) is 4.31 Å². The van der Waals surface area contributed by atoms with Gasteiger partial charge in [0.1, 0.15) is 4.21 Å². The first-order chi connectivity index (χ1) is 8.60. The van der Waals surface area contributed by atoms with Crippen molar-refractivity contribution in [3.05, 3.63) is 10.9 Å². The molecule has 110 valence electrons. The van der Waals surface area contributed by atoms with Crippen LogP contribution in [0, 0.1) is 6.92 Å². The van der Waals surface area contributed by atoms with Crippen molar-refractivity contribution in [2.75, 3.05) is 32.1 Å². The van der Waals surface area contributed by atoms with Crippen molar-refractivity contribution in [3.8, 4) is 0 Å². The van der Waals surface area contributed by atoms with E-state index in [1.165, 1.54) is 20.2 Å². The largest absolute Gasteiger partial charge is 0.398 e. The smallest absolute Gasteiger partial charge is 0.252 e. The van der Waals surface area contributed by atoms with Crippen molar-refractivity contribution in [2.45, 2.75) is 11.1 Å². The lowest BCUT2D eigenvalue weighted by molar-refractivity contribution is 0.485. The quantitative estimate of drug-likeness (QED) is 0.752. The molecule has 10 heteroatoms. The van der Waals surface area contributed by atoms with E-state index in [9.17, 15) is 16.8 Å². The average Bonchev–Trinajstić information content (AvgIpc) is 2.67. The number of hydrogen-bond acceptors (Lipinski definition) is 6. The summed E-state index contributed by atoms with van der Waals surface area (Å²) in [6.45, 7) is 1.60. The van der Waals surface area contributed by atoms with Crippen LogP contribution in [0.1, 0.15) is 4.88 Å². The Kier molecular flexibility index (Phi) is 4.96. The lowest BCUT2D eigenvalue weighted by atomic mass is 10.4. The topological polar surface area (TPSA) is 110 Å². The van der Waals surface area contributed by atoms with Crippen LogP contribution in [0.2, 0.25) is 0 Å². The van der Waals surface area contributed by atoms with E-state index in [0.29, 0.717) is 5.69 Å². The molecule has 1 rings (SSSR count). The molecular weight excluding hydrogens is 310 g/mol. The van der Waals surface area contributed by atoms with Crippen LogP contribution in [0.25, 0.3) is 0 Å². The summed E-state index contributed by atoms with van der Waals surface area (Å²) < 4.78 is 50.1. The van der Waals surface area contributed by atoms with E-state index in [-0.39, 0.29) is 16.5 Å². The first kappa shape index (κ1) is 16.4. The van der Waals surface area contributed by atoms with Gasteiger partial charge in [0.25, 0.3) is 10.0 Å². The number of anilines is 1. The van der Waals surface area contributed by atoms with Gasteiger partial charge in [-0.1, -0.05) is 0 Å². The minimum absolute atomic E-state index is 0.117. The monoisotopic (exact) mass is 327 g/mol. The van der Waals surface area contributed by atoms with Gasteiger partial charge in [-0.05, 0) is 20.0 Å². The zero-order valence-corrected chi connectivity index (χ0v) is 13.3. The fraction of sp³-hybridized carbons (Fsp3) is 0.556. The molecule has 0 spiro atoms. The molecule has 3 N–H and O–H groups in total. The summed E-state index contributed by atoms with van der Waals surface area (Å²) in [7, 11) is -4.51. The zero-order valence-electron chi connectivity index (χ0n) is 10.9.